The minimum atomic E-state index is -3.61. The fourth-order valence-corrected chi connectivity index (χ4v) is 6.29. The highest BCUT2D eigenvalue weighted by Crippen LogP contribution is 2.27. The van der Waals surface area contributed by atoms with Crippen molar-refractivity contribution in [2.45, 2.75) is 72.0 Å². The first kappa shape index (κ1) is 34.4. The van der Waals surface area contributed by atoms with Gasteiger partial charge < -0.3 is 10.2 Å². The number of benzene rings is 3. The van der Waals surface area contributed by atoms with Gasteiger partial charge in [-0.3, -0.25) is 13.9 Å². The summed E-state index contributed by atoms with van der Waals surface area (Å²) in [5.41, 5.74) is 3.36. The van der Waals surface area contributed by atoms with Gasteiger partial charge in [0.05, 0.1) is 11.9 Å². The summed E-state index contributed by atoms with van der Waals surface area (Å²) in [5, 5.41) is 3.89. The smallest absolute Gasteiger partial charge is 0.243 e. The van der Waals surface area contributed by atoms with Crippen LogP contribution < -0.4 is 9.62 Å². The first-order chi connectivity index (χ1) is 20.0. The maximum atomic E-state index is 14.0. The van der Waals surface area contributed by atoms with Gasteiger partial charge in [0.1, 0.15) is 6.04 Å². The maximum absolute atomic E-state index is 14.0. The maximum Gasteiger partial charge on any atom is 0.243 e. The zero-order valence-electron chi connectivity index (χ0n) is 25.7. The average molecular weight is 647 g/mol. The Labute approximate surface area is 266 Å². The van der Waals surface area contributed by atoms with E-state index in [4.69, 9.17) is 23.2 Å². The fourth-order valence-electron chi connectivity index (χ4n) is 4.81. The molecule has 0 saturated carbocycles. The number of amides is 2. The molecule has 0 bridgehead atoms. The van der Waals surface area contributed by atoms with E-state index < -0.39 is 21.6 Å². The monoisotopic (exact) mass is 645 g/mol. The number of nitrogens with zero attached hydrogens (tertiary/aromatic N) is 2. The normalized spacial score (nSPS) is 12.5. The molecule has 0 aliphatic carbocycles. The van der Waals surface area contributed by atoms with E-state index in [0.717, 1.165) is 22.9 Å². The Bertz CT molecular complexity index is 1540. The minimum Gasteiger partial charge on any atom is -0.350 e. The van der Waals surface area contributed by atoms with Gasteiger partial charge in [-0.15, -0.1) is 0 Å². The lowest BCUT2D eigenvalue weighted by atomic mass is 10.00. The number of anilines is 1. The van der Waals surface area contributed by atoms with Crippen LogP contribution in [0.25, 0.3) is 0 Å². The van der Waals surface area contributed by atoms with Crippen LogP contribution in [0.1, 0.15) is 55.9 Å². The van der Waals surface area contributed by atoms with Gasteiger partial charge >= 0.3 is 0 Å². The number of carbonyl (C=O) groups is 2. The summed E-state index contributed by atoms with van der Waals surface area (Å²) in [6.07, 6.45) is 1.73. The van der Waals surface area contributed by atoms with Crippen LogP contribution in [-0.2, 0) is 32.6 Å². The highest BCUT2D eigenvalue weighted by atomic mass is 35.5. The molecule has 0 radical (unpaired) electrons. The number of hydrogen-bond acceptors (Lipinski definition) is 4. The quantitative estimate of drug-likeness (QED) is 0.237. The SMILES string of the molecule is Cc1ccc(C)c(N(CCCC(=O)N(Cc2ccc(Cl)cc2Cl)[C@H](Cc2ccccc2)C(=O)NC(C)(C)C)S(C)(=O)=O)c1. The van der Waals surface area contributed by atoms with Gasteiger partial charge in [0.25, 0.3) is 0 Å². The van der Waals surface area contributed by atoms with Crippen LogP contribution in [0.5, 0.6) is 0 Å². The second kappa shape index (κ2) is 14.6. The molecule has 1 N–H and O–H groups in total. The van der Waals surface area contributed by atoms with E-state index in [9.17, 15) is 18.0 Å². The van der Waals surface area contributed by atoms with Crippen molar-refractivity contribution in [3.63, 3.8) is 0 Å². The molecule has 43 heavy (non-hydrogen) atoms. The van der Waals surface area contributed by atoms with E-state index in [0.29, 0.717) is 21.3 Å². The van der Waals surface area contributed by atoms with Gasteiger partial charge in [-0.1, -0.05) is 71.7 Å². The summed E-state index contributed by atoms with van der Waals surface area (Å²) in [6.45, 7) is 9.62. The molecule has 0 unspecified atom stereocenters. The molecule has 3 aromatic carbocycles. The third-order valence-corrected chi connectivity index (χ3v) is 8.68. The van der Waals surface area contributed by atoms with Gasteiger partial charge in [0, 0.05) is 41.5 Å². The van der Waals surface area contributed by atoms with Crippen LogP contribution >= 0.6 is 23.2 Å². The van der Waals surface area contributed by atoms with E-state index in [1.807, 2.05) is 83.1 Å². The number of rotatable bonds is 12. The van der Waals surface area contributed by atoms with Gasteiger partial charge in [-0.05, 0) is 81.5 Å². The predicted octanol–water partition coefficient (Wildman–Crippen LogP) is 6.71. The lowest BCUT2D eigenvalue weighted by molar-refractivity contribution is -0.142. The molecule has 2 amide bonds. The van der Waals surface area contributed by atoms with E-state index in [1.54, 1.807) is 23.1 Å². The Balaban J connectivity index is 1.95. The summed E-state index contributed by atoms with van der Waals surface area (Å²) >= 11 is 12.7. The minimum absolute atomic E-state index is 0.0240. The van der Waals surface area contributed by atoms with Crippen LogP contribution in [0.15, 0.2) is 66.7 Å². The zero-order valence-corrected chi connectivity index (χ0v) is 28.0. The van der Waals surface area contributed by atoms with E-state index in [1.165, 1.54) is 4.31 Å². The van der Waals surface area contributed by atoms with E-state index in [-0.39, 0.29) is 44.2 Å². The standard InChI is InChI=1S/C33H41Cl2N3O4S/c1-23-14-15-24(2)29(19-23)38(43(6,41)42)18-10-13-31(39)37(22-26-16-17-27(34)21-28(26)35)30(32(40)36-33(3,4)5)20-25-11-8-7-9-12-25/h7-9,11-12,14-17,19,21,30H,10,13,18,20,22H2,1-6H3,(H,36,40)/t30-/m1/s1. The van der Waals surface area contributed by atoms with E-state index >= 15 is 0 Å². The lowest BCUT2D eigenvalue weighted by Crippen LogP contribution is -2.54. The topological polar surface area (TPSA) is 86.8 Å². The van der Waals surface area contributed by atoms with E-state index in [2.05, 4.69) is 5.32 Å². The van der Waals surface area contributed by atoms with Crippen LogP contribution in [0, 0.1) is 13.8 Å². The van der Waals surface area contributed by atoms with Gasteiger partial charge in [0.2, 0.25) is 21.8 Å². The molecule has 232 valence electrons. The van der Waals surface area contributed by atoms with Crippen molar-refractivity contribution in [1.29, 1.82) is 0 Å². The first-order valence-corrected chi connectivity index (χ1v) is 16.8. The molecule has 3 aromatic rings. The summed E-state index contributed by atoms with van der Waals surface area (Å²) in [7, 11) is -3.61. The van der Waals surface area contributed by atoms with Crippen molar-refractivity contribution in [1.82, 2.24) is 10.2 Å². The molecule has 0 aliphatic heterocycles. The summed E-state index contributed by atoms with van der Waals surface area (Å²) < 4.78 is 26.9. The van der Waals surface area contributed by atoms with Crippen LogP contribution in [-0.4, -0.2) is 49.5 Å². The zero-order chi connectivity index (χ0) is 31.9. The molecule has 0 spiro atoms. The molecule has 1 atom stereocenters. The molecule has 3 rings (SSSR count). The van der Waals surface area contributed by atoms with Crippen LogP contribution in [0.3, 0.4) is 0 Å². The average Bonchev–Trinajstić information content (AvgIpc) is 2.90. The second-order valence-corrected chi connectivity index (χ2v) is 14.7. The predicted molar refractivity (Wildman–Crippen MR) is 176 cm³/mol. The first-order valence-electron chi connectivity index (χ1n) is 14.2. The molecule has 0 aliphatic rings. The second-order valence-electron chi connectivity index (χ2n) is 11.9. The van der Waals surface area contributed by atoms with Crippen molar-refractivity contribution in [2.75, 3.05) is 17.1 Å². The summed E-state index contributed by atoms with van der Waals surface area (Å²) in [4.78, 5) is 29.3. The van der Waals surface area contributed by atoms with Crippen molar-refractivity contribution in [3.8, 4) is 0 Å². The number of carbonyl (C=O) groups excluding carboxylic acids is 2. The number of hydrogen-bond donors (Lipinski definition) is 1. The third kappa shape index (κ3) is 10.3. The molecular weight excluding hydrogens is 605 g/mol. The van der Waals surface area contributed by atoms with Crippen LogP contribution in [0.2, 0.25) is 10.0 Å². The highest BCUT2D eigenvalue weighted by Gasteiger charge is 2.32. The number of halogens is 2. The Morgan fingerprint density at radius 1 is 0.953 bits per heavy atom. The molecule has 7 nitrogen and oxygen atoms in total. The van der Waals surface area contributed by atoms with Crippen molar-refractivity contribution < 1.29 is 18.0 Å². The molecule has 0 saturated heterocycles. The molecule has 0 heterocycles. The van der Waals surface area contributed by atoms with Gasteiger partial charge in [0.15, 0.2) is 0 Å². The molecule has 0 aromatic heterocycles. The van der Waals surface area contributed by atoms with Crippen LogP contribution in [0.4, 0.5) is 5.69 Å². The number of sulfonamides is 1. The highest BCUT2D eigenvalue weighted by molar-refractivity contribution is 7.92. The largest absolute Gasteiger partial charge is 0.350 e. The summed E-state index contributed by atoms with van der Waals surface area (Å²) in [6, 6.07) is 19.4. The Kier molecular flexibility index (Phi) is 11.7. The Hall–Kier alpha value is -3.07. The lowest BCUT2D eigenvalue weighted by Gasteiger charge is -2.34. The molecule has 0 fully saturated rings. The third-order valence-electron chi connectivity index (χ3n) is 6.91. The van der Waals surface area contributed by atoms with Crippen molar-refractivity contribution >= 4 is 50.7 Å². The molecule has 10 heteroatoms. The fraction of sp³-hybridized carbons (Fsp3) is 0.394. The van der Waals surface area contributed by atoms with Crippen molar-refractivity contribution in [3.05, 3.63) is 99.0 Å². The van der Waals surface area contributed by atoms with Gasteiger partial charge in [-0.25, -0.2) is 8.42 Å². The summed E-state index contributed by atoms with van der Waals surface area (Å²) in [5.74, 6) is -0.576. The Morgan fingerprint density at radius 3 is 2.23 bits per heavy atom. The molecular formula is C33H41Cl2N3O4S. The number of nitrogens with one attached hydrogen (secondary N) is 1. The number of aryl methyl sites for hydroxylation is 2. The van der Waals surface area contributed by atoms with Gasteiger partial charge in [-0.2, -0.15) is 0 Å². The van der Waals surface area contributed by atoms with Crippen molar-refractivity contribution in [2.24, 2.45) is 0 Å². The Morgan fingerprint density at radius 2 is 1.63 bits per heavy atom.